The van der Waals surface area contributed by atoms with Crippen molar-refractivity contribution in [2.75, 3.05) is 13.2 Å². The van der Waals surface area contributed by atoms with Crippen LogP contribution >= 0.6 is 0 Å². The van der Waals surface area contributed by atoms with E-state index in [1.54, 1.807) is 19.1 Å². The molecule has 1 aromatic carbocycles. The molecule has 0 saturated carbocycles. The van der Waals surface area contributed by atoms with Gasteiger partial charge < -0.3 is 10.1 Å². The Morgan fingerprint density at radius 2 is 1.83 bits per heavy atom. The normalized spacial score (nSPS) is 10.5. The number of carbonyl (C=O) groups excluding carboxylic acids is 3. The van der Waals surface area contributed by atoms with Gasteiger partial charge in [-0.15, -0.1) is 0 Å². The third-order valence-electron chi connectivity index (χ3n) is 3.09. The molecule has 124 valence electrons. The van der Waals surface area contributed by atoms with Crippen LogP contribution in [0.1, 0.15) is 49.0 Å². The molecule has 0 radical (unpaired) electrons. The second kappa shape index (κ2) is 10.3. The summed E-state index contributed by atoms with van der Waals surface area (Å²) in [5.74, 6) is -0.456. The van der Waals surface area contributed by atoms with E-state index < -0.39 is 0 Å². The predicted molar refractivity (Wildman–Crippen MR) is 89.0 cm³/mol. The smallest absolute Gasteiger partial charge is 0.306 e. The lowest BCUT2D eigenvalue weighted by molar-refractivity contribution is -0.143. The third-order valence-corrected chi connectivity index (χ3v) is 3.09. The van der Waals surface area contributed by atoms with Crippen LogP contribution in [0.2, 0.25) is 0 Å². The Morgan fingerprint density at radius 3 is 2.43 bits per heavy atom. The zero-order valence-corrected chi connectivity index (χ0v) is 13.6. The molecule has 1 amide bonds. The first-order valence-corrected chi connectivity index (χ1v) is 7.72. The number of rotatable bonds is 9. The highest BCUT2D eigenvalue weighted by Crippen LogP contribution is 2.10. The molecule has 0 unspecified atom stereocenters. The van der Waals surface area contributed by atoms with Gasteiger partial charge in [0.25, 0.3) is 0 Å². The van der Waals surface area contributed by atoms with E-state index in [2.05, 4.69) is 5.32 Å². The maximum absolute atomic E-state index is 12.0. The van der Waals surface area contributed by atoms with Crippen LogP contribution in [0, 0.1) is 0 Å². The molecule has 0 atom stereocenters. The molecular formula is C18H23NO4. The first kappa shape index (κ1) is 18.6. The molecule has 0 aliphatic rings. The lowest BCUT2D eigenvalue weighted by Gasteiger charge is -2.02. The van der Waals surface area contributed by atoms with Crippen LogP contribution in [0.15, 0.2) is 30.3 Å². The maximum atomic E-state index is 12.0. The molecule has 0 heterocycles. The van der Waals surface area contributed by atoms with Gasteiger partial charge in [-0.05, 0) is 18.9 Å². The molecule has 1 rings (SSSR count). The summed E-state index contributed by atoms with van der Waals surface area (Å²) in [4.78, 5) is 33.9. The van der Waals surface area contributed by atoms with E-state index in [1.165, 1.54) is 6.92 Å². The van der Waals surface area contributed by atoms with E-state index in [-0.39, 0.29) is 30.5 Å². The number of carbonyl (C=O) groups is 3. The van der Waals surface area contributed by atoms with Gasteiger partial charge in [0.1, 0.15) is 0 Å². The van der Waals surface area contributed by atoms with Gasteiger partial charge in [0.2, 0.25) is 5.91 Å². The lowest BCUT2D eigenvalue weighted by Crippen LogP contribution is -2.20. The van der Waals surface area contributed by atoms with Crippen molar-refractivity contribution < 1.29 is 19.1 Å². The average Bonchev–Trinajstić information content (AvgIpc) is 2.53. The van der Waals surface area contributed by atoms with E-state index in [4.69, 9.17) is 4.74 Å². The van der Waals surface area contributed by atoms with E-state index in [9.17, 15) is 14.4 Å². The van der Waals surface area contributed by atoms with Crippen molar-refractivity contribution in [1.29, 1.82) is 0 Å². The number of ketones is 1. The van der Waals surface area contributed by atoms with E-state index in [1.807, 2.05) is 24.3 Å². The monoisotopic (exact) mass is 317 g/mol. The fourth-order valence-corrected chi connectivity index (χ4v) is 1.92. The molecule has 23 heavy (non-hydrogen) atoms. The topological polar surface area (TPSA) is 72.5 Å². The number of Topliss-reactive ketones (excluding diaryl/α,β-unsaturated/α-hetero) is 1. The van der Waals surface area contributed by atoms with Crippen LogP contribution < -0.4 is 5.32 Å². The Labute approximate surface area is 136 Å². The number of esters is 1. The predicted octanol–water partition coefficient (Wildman–Crippen LogP) is 2.75. The minimum Gasteiger partial charge on any atom is -0.466 e. The summed E-state index contributed by atoms with van der Waals surface area (Å²) >= 11 is 0. The van der Waals surface area contributed by atoms with Crippen molar-refractivity contribution in [3.63, 3.8) is 0 Å². The SMILES string of the molecule is CCOC(=O)CCC(=O)c1ccc(C=CCCNC(C)=O)cc1. The molecule has 0 bridgehead atoms. The molecule has 0 aromatic heterocycles. The Balaban J connectivity index is 2.43. The van der Waals surface area contributed by atoms with E-state index in [0.717, 1.165) is 12.0 Å². The zero-order chi connectivity index (χ0) is 17.1. The molecule has 0 aliphatic carbocycles. The second-order valence-corrected chi connectivity index (χ2v) is 5.02. The van der Waals surface area contributed by atoms with Gasteiger partial charge >= 0.3 is 5.97 Å². The minimum atomic E-state index is -0.348. The number of nitrogens with one attached hydrogen (secondary N) is 1. The van der Waals surface area contributed by atoms with Crippen LogP contribution in [0.3, 0.4) is 0 Å². The van der Waals surface area contributed by atoms with Crippen molar-refractivity contribution in [2.45, 2.75) is 33.1 Å². The number of amides is 1. The minimum absolute atomic E-state index is 0.0379. The van der Waals surface area contributed by atoms with Crippen LogP contribution in [-0.4, -0.2) is 30.8 Å². The standard InChI is InChI=1S/C18H23NO4/c1-3-23-18(22)12-11-17(21)16-9-7-15(8-10-16)6-4-5-13-19-14(2)20/h4,6-10H,3,5,11-13H2,1-2H3,(H,19,20). The number of hydrogen-bond acceptors (Lipinski definition) is 4. The molecule has 0 saturated heterocycles. The summed E-state index contributed by atoms with van der Waals surface area (Å²) < 4.78 is 4.80. The number of hydrogen-bond donors (Lipinski definition) is 1. The zero-order valence-electron chi connectivity index (χ0n) is 13.6. The first-order chi connectivity index (χ1) is 11.0. The van der Waals surface area contributed by atoms with Crippen molar-refractivity contribution in [3.05, 3.63) is 41.5 Å². The lowest BCUT2D eigenvalue weighted by atomic mass is 10.0. The molecule has 0 aliphatic heterocycles. The fraction of sp³-hybridized carbons (Fsp3) is 0.389. The molecule has 5 nitrogen and oxygen atoms in total. The molecule has 1 aromatic rings. The van der Waals surface area contributed by atoms with Gasteiger partial charge in [-0.25, -0.2) is 0 Å². The summed E-state index contributed by atoms with van der Waals surface area (Å²) in [5, 5.41) is 2.72. The van der Waals surface area contributed by atoms with E-state index >= 15 is 0 Å². The van der Waals surface area contributed by atoms with Gasteiger partial charge in [-0.1, -0.05) is 36.4 Å². The van der Waals surface area contributed by atoms with Crippen LogP contribution in [0.4, 0.5) is 0 Å². The van der Waals surface area contributed by atoms with Crippen LogP contribution in [0.5, 0.6) is 0 Å². The fourth-order valence-electron chi connectivity index (χ4n) is 1.92. The number of benzene rings is 1. The molecule has 5 heteroatoms. The summed E-state index contributed by atoms with van der Waals surface area (Å²) in [6.45, 7) is 4.16. The number of ether oxygens (including phenoxy) is 1. The molecule has 1 N–H and O–H groups in total. The largest absolute Gasteiger partial charge is 0.466 e. The van der Waals surface area contributed by atoms with Crippen LogP contribution in [0.25, 0.3) is 6.08 Å². The summed E-state index contributed by atoms with van der Waals surface area (Å²) in [6.07, 6.45) is 4.92. The highest BCUT2D eigenvalue weighted by Gasteiger charge is 2.09. The third kappa shape index (κ3) is 7.95. The first-order valence-electron chi connectivity index (χ1n) is 7.72. The van der Waals surface area contributed by atoms with Crippen molar-refractivity contribution in [1.82, 2.24) is 5.32 Å². The summed E-state index contributed by atoms with van der Waals surface area (Å²) in [5.41, 5.74) is 1.57. The average molecular weight is 317 g/mol. The molecule has 0 spiro atoms. The van der Waals surface area contributed by atoms with E-state index in [0.29, 0.717) is 18.7 Å². The van der Waals surface area contributed by atoms with Crippen molar-refractivity contribution >= 4 is 23.7 Å². The molecule has 0 fully saturated rings. The Bertz CT molecular complexity index is 561. The Morgan fingerprint density at radius 1 is 1.13 bits per heavy atom. The van der Waals surface area contributed by atoms with Gasteiger partial charge in [0.15, 0.2) is 5.78 Å². The highest BCUT2D eigenvalue weighted by molar-refractivity contribution is 5.97. The van der Waals surface area contributed by atoms with Crippen molar-refractivity contribution in [3.8, 4) is 0 Å². The quantitative estimate of drug-likeness (QED) is 0.432. The second-order valence-electron chi connectivity index (χ2n) is 5.02. The summed E-state index contributed by atoms with van der Waals surface area (Å²) in [6, 6.07) is 7.21. The van der Waals surface area contributed by atoms with Crippen LogP contribution in [-0.2, 0) is 14.3 Å². The maximum Gasteiger partial charge on any atom is 0.306 e. The van der Waals surface area contributed by atoms with Gasteiger partial charge in [0.05, 0.1) is 13.0 Å². The summed E-state index contributed by atoms with van der Waals surface area (Å²) in [7, 11) is 0. The van der Waals surface area contributed by atoms with Crippen molar-refractivity contribution in [2.24, 2.45) is 0 Å². The van der Waals surface area contributed by atoms with Gasteiger partial charge in [-0.3, -0.25) is 14.4 Å². The Kier molecular flexibility index (Phi) is 8.36. The van der Waals surface area contributed by atoms with Gasteiger partial charge in [-0.2, -0.15) is 0 Å². The van der Waals surface area contributed by atoms with Gasteiger partial charge in [0, 0.05) is 25.5 Å². The Hall–Kier alpha value is -2.43. The highest BCUT2D eigenvalue weighted by atomic mass is 16.5. The molecular weight excluding hydrogens is 294 g/mol.